The fourth-order valence-corrected chi connectivity index (χ4v) is 3.23. The Hall–Kier alpha value is -3.65. The Kier molecular flexibility index (Phi) is 3.67. The fourth-order valence-electron chi connectivity index (χ4n) is 3.23. The third kappa shape index (κ3) is 2.40. The molecule has 0 radical (unpaired) electrons. The zero-order valence-electron chi connectivity index (χ0n) is 14.3. The first-order valence-electron chi connectivity index (χ1n) is 8.25. The highest BCUT2D eigenvalue weighted by atomic mass is 16.2. The molecule has 4 rings (SSSR count). The molecule has 5 heteroatoms. The molecule has 0 saturated heterocycles. The standard InChI is InChI=1S/C21H16N4O/c1-13-14(2)24-25(21(26)18(13)11-22)12-20-17-9-4-3-7-15(17)16-8-5-6-10-19(16)23-20/h3-10,24H,2,12H2,1H3. The van der Waals surface area contributed by atoms with Crippen LogP contribution in [0.4, 0.5) is 0 Å². The average molecular weight is 340 g/mol. The van der Waals surface area contributed by atoms with Gasteiger partial charge in [-0.1, -0.05) is 49.0 Å². The number of aromatic nitrogens is 1. The molecule has 0 saturated carbocycles. The lowest BCUT2D eigenvalue weighted by Gasteiger charge is -2.30. The number of hydrazine groups is 1. The van der Waals surface area contributed by atoms with E-state index in [0.29, 0.717) is 11.3 Å². The van der Waals surface area contributed by atoms with Gasteiger partial charge in [0.05, 0.1) is 23.5 Å². The van der Waals surface area contributed by atoms with Gasteiger partial charge < -0.3 is 0 Å². The van der Waals surface area contributed by atoms with Gasteiger partial charge in [-0.3, -0.25) is 15.2 Å². The smallest absolute Gasteiger partial charge is 0.283 e. The Bertz CT molecular complexity index is 1150. The largest absolute Gasteiger partial charge is 0.296 e. The minimum absolute atomic E-state index is 0.110. The topological polar surface area (TPSA) is 69.0 Å². The van der Waals surface area contributed by atoms with E-state index in [-0.39, 0.29) is 18.0 Å². The molecule has 126 valence electrons. The second kappa shape index (κ2) is 6.01. The minimum atomic E-state index is -0.364. The van der Waals surface area contributed by atoms with Gasteiger partial charge in [0.2, 0.25) is 0 Å². The van der Waals surface area contributed by atoms with Crippen LogP contribution in [0.25, 0.3) is 21.7 Å². The fraction of sp³-hybridized carbons (Fsp3) is 0.0952. The molecular formula is C21H16N4O. The molecule has 5 nitrogen and oxygen atoms in total. The second-order valence-corrected chi connectivity index (χ2v) is 6.21. The molecule has 0 unspecified atom stereocenters. The number of carbonyl (C=O) groups is 1. The molecule has 26 heavy (non-hydrogen) atoms. The van der Waals surface area contributed by atoms with Crippen molar-refractivity contribution in [1.29, 1.82) is 5.26 Å². The van der Waals surface area contributed by atoms with E-state index in [4.69, 9.17) is 4.98 Å². The normalized spacial score (nSPS) is 14.7. The summed E-state index contributed by atoms with van der Waals surface area (Å²) in [5.74, 6) is -0.364. The maximum atomic E-state index is 12.6. The average Bonchev–Trinajstić information content (AvgIpc) is 2.67. The summed E-state index contributed by atoms with van der Waals surface area (Å²) in [5.41, 5.74) is 5.85. The number of fused-ring (bicyclic) bond motifs is 3. The van der Waals surface area contributed by atoms with Gasteiger partial charge in [0, 0.05) is 10.8 Å². The molecule has 1 aliphatic heterocycles. The number of nitrogens with zero attached hydrogens (tertiary/aromatic N) is 3. The van der Waals surface area contributed by atoms with E-state index < -0.39 is 0 Å². The van der Waals surface area contributed by atoms with Crippen LogP contribution in [0.5, 0.6) is 0 Å². The van der Waals surface area contributed by atoms with E-state index >= 15 is 0 Å². The molecular weight excluding hydrogens is 324 g/mol. The number of benzene rings is 2. The summed E-state index contributed by atoms with van der Waals surface area (Å²) in [6.07, 6.45) is 0. The first-order valence-corrected chi connectivity index (χ1v) is 8.25. The van der Waals surface area contributed by atoms with E-state index in [0.717, 1.165) is 27.4 Å². The Morgan fingerprint density at radius 1 is 1.12 bits per heavy atom. The van der Waals surface area contributed by atoms with E-state index in [1.165, 1.54) is 5.01 Å². The zero-order valence-corrected chi connectivity index (χ0v) is 14.3. The van der Waals surface area contributed by atoms with Crippen molar-refractivity contribution in [2.24, 2.45) is 0 Å². The minimum Gasteiger partial charge on any atom is -0.296 e. The predicted octanol–water partition coefficient (Wildman–Crippen LogP) is 3.59. The van der Waals surface area contributed by atoms with Crippen LogP contribution in [0.3, 0.4) is 0 Å². The number of allylic oxidation sites excluding steroid dienone is 1. The Balaban J connectivity index is 1.84. The number of amides is 1. The Morgan fingerprint density at radius 3 is 2.50 bits per heavy atom. The van der Waals surface area contributed by atoms with E-state index in [9.17, 15) is 10.1 Å². The monoisotopic (exact) mass is 340 g/mol. The van der Waals surface area contributed by atoms with Crippen molar-refractivity contribution in [1.82, 2.24) is 15.4 Å². The zero-order chi connectivity index (χ0) is 18.3. The summed E-state index contributed by atoms with van der Waals surface area (Å²) >= 11 is 0. The van der Waals surface area contributed by atoms with Crippen LogP contribution < -0.4 is 5.43 Å². The molecule has 0 atom stereocenters. The third-order valence-corrected chi connectivity index (χ3v) is 4.66. The van der Waals surface area contributed by atoms with E-state index in [2.05, 4.69) is 18.1 Å². The summed E-state index contributed by atoms with van der Waals surface area (Å²) in [6, 6.07) is 17.9. The van der Waals surface area contributed by atoms with Crippen LogP contribution in [0.1, 0.15) is 12.6 Å². The Labute approximate surface area is 150 Å². The first kappa shape index (κ1) is 15.9. The summed E-state index contributed by atoms with van der Waals surface area (Å²) in [5, 5.41) is 13.8. The van der Waals surface area contributed by atoms with Gasteiger partial charge >= 0.3 is 0 Å². The molecule has 1 N–H and O–H groups in total. The van der Waals surface area contributed by atoms with Crippen LogP contribution in [0, 0.1) is 11.3 Å². The van der Waals surface area contributed by atoms with Crippen molar-refractivity contribution >= 4 is 27.6 Å². The quantitative estimate of drug-likeness (QED) is 0.724. The van der Waals surface area contributed by atoms with Crippen molar-refractivity contribution in [3.63, 3.8) is 0 Å². The SMILES string of the molecule is C=C1NN(Cc2nc3ccccc3c3ccccc23)C(=O)C(C#N)=C1C. The molecule has 0 spiro atoms. The molecule has 1 aliphatic rings. The number of pyridine rings is 1. The number of hydrogen-bond acceptors (Lipinski definition) is 4. The van der Waals surface area contributed by atoms with Crippen molar-refractivity contribution in [2.45, 2.75) is 13.5 Å². The van der Waals surface area contributed by atoms with Crippen LogP contribution in [0.2, 0.25) is 0 Å². The molecule has 0 aliphatic carbocycles. The van der Waals surface area contributed by atoms with Gasteiger partial charge in [-0.25, -0.2) is 5.01 Å². The molecule has 0 fully saturated rings. The van der Waals surface area contributed by atoms with Crippen molar-refractivity contribution < 1.29 is 4.79 Å². The van der Waals surface area contributed by atoms with Crippen molar-refractivity contribution in [3.05, 3.63) is 77.6 Å². The van der Waals surface area contributed by atoms with Gasteiger partial charge in [-0.15, -0.1) is 0 Å². The molecule has 2 heterocycles. The summed E-state index contributed by atoms with van der Waals surface area (Å²) in [7, 11) is 0. The van der Waals surface area contributed by atoms with Crippen LogP contribution in [0.15, 0.2) is 72.0 Å². The van der Waals surface area contributed by atoms with Crippen LogP contribution in [-0.4, -0.2) is 15.9 Å². The maximum Gasteiger partial charge on any atom is 0.283 e. The molecule has 1 amide bonds. The lowest BCUT2D eigenvalue weighted by atomic mass is 10.0. The van der Waals surface area contributed by atoms with Gasteiger partial charge in [-0.2, -0.15) is 5.26 Å². The summed E-state index contributed by atoms with van der Waals surface area (Å²) < 4.78 is 0. The van der Waals surface area contributed by atoms with Gasteiger partial charge in [0.1, 0.15) is 11.6 Å². The number of hydrogen-bond donors (Lipinski definition) is 1. The molecule has 1 aromatic heterocycles. The summed E-state index contributed by atoms with van der Waals surface area (Å²) in [6.45, 7) is 5.85. The highest BCUT2D eigenvalue weighted by Crippen LogP contribution is 2.28. The molecule has 2 aromatic carbocycles. The Morgan fingerprint density at radius 2 is 1.77 bits per heavy atom. The number of carbonyl (C=O) groups excluding carboxylic acids is 1. The van der Waals surface area contributed by atoms with Gasteiger partial charge in [0.25, 0.3) is 5.91 Å². The summed E-state index contributed by atoms with van der Waals surface area (Å²) in [4.78, 5) is 17.4. The number of nitriles is 1. The van der Waals surface area contributed by atoms with Crippen molar-refractivity contribution in [2.75, 3.05) is 0 Å². The lowest BCUT2D eigenvalue weighted by Crippen LogP contribution is -2.46. The highest BCUT2D eigenvalue weighted by Gasteiger charge is 2.28. The van der Waals surface area contributed by atoms with Gasteiger partial charge in [0.15, 0.2) is 0 Å². The lowest BCUT2D eigenvalue weighted by molar-refractivity contribution is -0.130. The maximum absolute atomic E-state index is 12.6. The van der Waals surface area contributed by atoms with Crippen LogP contribution >= 0.6 is 0 Å². The van der Waals surface area contributed by atoms with Gasteiger partial charge in [-0.05, 0) is 23.9 Å². The second-order valence-electron chi connectivity index (χ2n) is 6.21. The third-order valence-electron chi connectivity index (χ3n) is 4.66. The van der Waals surface area contributed by atoms with E-state index in [1.807, 2.05) is 48.5 Å². The number of rotatable bonds is 2. The van der Waals surface area contributed by atoms with Crippen LogP contribution in [-0.2, 0) is 11.3 Å². The predicted molar refractivity (Wildman–Crippen MR) is 100 cm³/mol. The number of nitrogens with one attached hydrogen (secondary N) is 1. The number of para-hydroxylation sites is 1. The molecule has 0 bridgehead atoms. The highest BCUT2D eigenvalue weighted by molar-refractivity contribution is 6.06. The van der Waals surface area contributed by atoms with Crippen molar-refractivity contribution in [3.8, 4) is 6.07 Å². The van der Waals surface area contributed by atoms with E-state index in [1.54, 1.807) is 6.92 Å². The molecule has 3 aromatic rings. The first-order chi connectivity index (χ1) is 12.6.